The zero-order chi connectivity index (χ0) is 10.7. The molecule has 4 nitrogen and oxygen atoms in total. The highest BCUT2D eigenvalue weighted by Crippen LogP contribution is 2.17. The van der Waals surface area contributed by atoms with Crippen LogP contribution in [0.1, 0.15) is 11.4 Å². The van der Waals surface area contributed by atoms with E-state index in [-0.39, 0.29) is 6.42 Å². The van der Waals surface area contributed by atoms with E-state index in [1.54, 1.807) is 0 Å². The summed E-state index contributed by atoms with van der Waals surface area (Å²) >= 11 is 0. The fourth-order valence-corrected chi connectivity index (χ4v) is 1.29. The van der Waals surface area contributed by atoms with E-state index in [1.807, 2.05) is 37.3 Å². The molecule has 0 N–H and O–H groups in total. The van der Waals surface area contributed by atoms with E-state index < -0.39 is 0 Å². The van der Waals surface area contributed by atoms with Gasteiger partial charge in [0.25, 0.3) is 5.89 Å². The molecule has 15 heavy (non-hydrogen) atoms. The molecule has 74 valence electrons. The second kappa shape index (κ2) is 3.93. The number of nitrogens with zero attached hydrogens (tertiary/aromatic N) is 3. The topological polar surface area (TPSA) is 62.7 Å². The highest BCUT2D eigenvalue weighted by molar-refractivity contribution is 5.53. The van der Waals surface area contributed by atoms with Gasteiger partial charge in [0.15, 0.2) is 5.82 Å². The number of benzene rings is 1. The van der Waals surface area contributed by atoms with E-state index in [2.05, 4.69) is 10.1 Å². The van der Waals surface area contributed by atoms with Gasteiger partial charge in [0, 0.05) is 5.56 Å². The summed E-state index contributed by atoms with van der Waals surface area (Å²) in [6.45, 7) is 2.00. The summed E-state index contributed by atoms with van der Waals surface area (Å²) in [7, 11) is 0. The molecule has 0 saturated carbocycles. The minimum absolute atomic E-state index is 0.176. The highest BCUT2D eigenvalue weighted by atomic mass is 16.5. The van der Waals surface area contributed by atoms with Crippen molar-refractivity contribution in [3.05, 3.63) is 35.7 Å². The van der Waals surface area contributed by atoms with Gasteiger partial charge in [-0.2, -0.15) is 10.2 Å². The molecule has 0 fully saturated rings. The molecule has 1 heterocycles. The van der Waals surface area contributed by atoms with Crippen LogP contribution in [-0.4, -0.2) is 10.1 Å². The van der Waals surface area contributed by atoms with E-state index in [0.29, 0.717) is 11.7 Å². The number of hydrogen-bond acceptors (Lipinski definition) is 4. The van der Waals surface area contributed by atoms with Crippen LogP contribution >= 0.6 is 0 Å². The van der Waals surface area contributed by atoms with Gasteiger partial charge in [0.05, 0.1) is 12.5 Å². The minimum atomic E-state index is 0.176. The van der Waals surface area contributed by atoms with E-state index in [9.17, 15) is 0 Å². The van der Waals surface area contributed by atoms with Gasteiger partial charge in [-0.25, -0.2) is 0 Å². The number of nitriles is 1. The zero-order valence-corrected chi connectivity index (χ0v) is 8.27. The summed E-state index contributed by atoms with van der Waals surface area (Å²) in [5, 5.41) is 12.2. The first-order valence-electron chi connectivity index (χ1n) is 4.56. The Kier molecular flexibility index (Phi) is 2.46. The minimum Gasteiger partial charge on any atom is -0.334 e. The highest BCUT2D eigenvalue weighted by Gasteiger charge is 2.07. The van der Waals surface area contributed by atoms with E-state index in [4.69, 9.17) is 9.78 Å². The molecule has 2 aromatic rings. The van der Waals surface area contributed by atoms with Gasteiger partial charge in [-0.05, 0) is 19.1 Å². The molecule has 0 spiro atoms. The second-order valence-electron chi connectivity index (χ2n) is 3.22. The van der Waals surface area contributed by atoms with Crippen molar-refractivity contribution in [3.63, 3.8) is 0 Å². The molecule has 0 aliphatic rings. The Bertz CT molecular complexity index is 511. The van der Waals surface area contributed by atoms with Crippen molar-refractivity contribution in [2.24, 2.45) is 0 Å². The molecule has 4 heteroatoms. The van der Waals surface area contributed by atoms with Crippen LogP contribution in [0.4, 0.5) is 0 Å². The van der Waals surface area contributed by atoms with Gasteiger partial charge in [0.1, 0.15) is 0 Å². The predicted molar refractivity (Wildman–Crippen MR) is 53.8 cm³/mol. The van der Waals surface area contributed by atoms with Gasteiger partial charge in [-0.15, -0.1) is 0 Å². The molecule has 0 amide bonds. The van der Waals surface area contributed by atoms with E-state index in [0.717, 1.165) is 11.1 Å². The van der Waals surface area contributed by atoms with E-state index >= 15 is 0 Å². The first-order valence-corrected chi connectivity index (χ1v) is 4.56. The van der Waals surface area contributed by atoms with Crippen LogP contribution in [-0.2, 0) is 6.42 Å². The Morgan fingerprint density at radius 3 is 3.07 bits per heavy atom. The average molecular weight is 199 g/mol. The summed E-state index contributed by atoms with van der Waals surface area (Å²) in [5.41, 5.74) is 2.01. The van der Waals surface area contributed by atoms with Crippen molar-refractivity contribution in [2.75, 3.05) is 0 Å². The van der Waals surface area contributed by atoms with E-state index in [1.165, 1.54) is 0 Å². The zero-order valence-electron chi connectivity index (χ0n) is 8.27. The molecule has 0 aliphatic heterocycles. The summed E-state index contributed by atoms with van der Waals surface area (Å²) < 4.78 is 5.05. The molecule has 0 unspecified atom stereocenters. The maximum Gasteiger partial charge on any atom is 0.257 e. The summed E-state index contributed by atoms with van der Waals surface area (Å²) in [6.07, 6.45) is 0.176. The fourth-order valence-electron chi connectivity index (χ4n) is 1.29. The van der Waals surface area contributed by atoms with Crippen molar-refractivity contribution >= 4 is 0 Å². The largest absolute Gasteiger partial charge is 0.334 e. The molecule has 1 aromatic heterocycles. The number of rotatable bonds is 2. The Hall–Kier alpha value is -2.15. The Labute approximate surface area is 87.2 Å². The summed E-state index contributed by atoms with van der Waals surface area (Å²) in [4.78, 5) is 4.11. The van der Waals surface area contributed by atoms with Gasteiger partial charge in [-0.1, -0.05) is 22.9 Å². The van der Waals surface area contributed by atoms with Crippen molar-refractivity contribution in [3.8, 4) is 17.5 Å². The molecule has 0 radical (unpaired) electrons. The molecule has 0 aliphatic carbocycles. The fraction of sp³-hybridized carbons (Fsp3) is 0.182. The van der Waals surface area contributed by atoms with Crippen molar-refractivity contribution in [1.29, 1.82) is 5.26 Å². The van der Waals surface area contributed by atoms with Crippen LogP contribution in [0, 0.1) is 18.3 Å². The van der Waals surface area contributed by atoms with Gasteiger partial charge in [0.2, 0.25) is 0 Å². The van der Waals surface area contributed by atoms with Crippen molar-refractivity contribution in [1.82, 2.24) is 10.1 Å². The first kappa shape index (κ1) is 9.41. The van der Waals surface area contributed by atoms with Crippen LogP contribution in [0.3, 0.4) is 0 Å². The second-order valence-corrected chi connectivity index (χ2v) is 3.22. The number of aromatic nitrogens is 2. The lowest BCUT2D eigenvalue weighted by Gasteiger charge is -1.94. The van der Waals surface area contributed by atoms with Crippen LogP contribution < -0.4 is 0 Å². The average Bonchev–Trinajstić information content (AvgIpc) is 2.67. The quantitative estimate of drug-likeness (QED) is 0.743. The molecule has 0 atom stereocenters. The molecular formula is C11H9N3O. The normalized spacial score (nSPS) is 9.87. The lowest BCUT2D eigenvalue weighted by molar-refractivity contribution is 0.424. The molecular weight excluding hydrogens is 190 g/mol. The number of hydrogen-bond donors (Lipinski definition) is 0. The van der Waals surface area contributed by atoms with Crippen LogP contribution in [0.25, 0.3) is 11.5 Å². The Morgan fingerprint density at radius 1 is 1.47 bits per heavy atom. The van der Waals surface area contributed by atoms with Gasteiger partial charge < -0.3 is 4.52 Å². The Balaban J connectivity index is 2.34. The van der Waals surface area contributed by atoms with Gasteiger partial charge >= 0.3 is 0 Å². The predicted octanol–water partition coefficient (Wildman–Crippen LogP) is 2.11. The molecule has 1 aromatic carbocycles. The number of aryl methyl sites for hydroxylation is 1. The maximum absolute atomic E-state index is 8.47. The smallest absolute Gasteiger partial charge is 0.257 e. The van der Waals surface area contributed by atoms with Crippen molar-refractivity contribution < 1.29 is 4.52 Å². The van der Waals surface area contributed by atoms with Crippen LogP contribution in [0.2, 0.25) is 0 Å². The molecule has 0 saturated heterocycles. The summed E-state index contributed by atoms with van der Waals surface area (Å²) in [6, 6.07) is 9.76. The monoisotopic (exact) mass is 199 g/mol. The first-order chi connectivity index (χ1) is 7.29. The molecule has 0 bridgehead atoms. The SMILES string of the molecule is Cc1cccc(-c2nc(CC#N)no2)c1. The third-order valence-electron chi connectivity index (χ3n) is 1.97. The standard InChI is InChI=1S/C11H9N3O/c1-8-3-2-4-9(7-8)11-13-10(5-6-12)14-15-11/h2-4,7H,5H2,1H3. The third-order valence-corrected chi connectivity index (χ3v) is 1.97. The van der Waals surface area contributed by atoms with Crippen LogP contribution in [0.5, 0.6) is 0 Å². The maximum atomic E-state index is 8.47. The summed E-state index contributed by atoms with van der Waals surface area (Å²) in [5.74, 6) is 0.887. The third kappa shape index (κ3) is 2.02. The van der Waals surface area contributed by atoms with Crippen molar-refractivity contribution in [2.45, 2.75) is 13.3 Å². The van der Waals surface area contributed by atoms with Gasteiger partial charge in [-0.3, -0.25) is 0 Å². The Morgan fingerprint density at radius 2 is 2.33 bits per heavy atom. The molecule has 2 rings (SSSR count). The lowest BCUT2D eigenvalue weighted by atomic mass is 10.1. The van der Waals surface area contributed by atoms with Crippen LogP contribution in [0.15, 0.2) is 28.8 Å². The lowest BCUT2D eigenvalue weighted by Crippen LogP contribution is -1.84.